The Morgan fingerprint density at radius 3 is 0.800 bits per heavy atom. The van der Waals surface area contributed by atoms with Gasteiger partial charge < -0.3 is 27.2 Å². The maximum atomic E-state index is 7.13. The van der Waals surface area contributed by atoms with Gasteiger partial charge >= 0.3 is 16.8 Å². The summed E-state index contributed by atoms with van der Waals surface area (Å²) in [6.07, 6.45) is 0. The summed E-state index contributed by atoms with van der Waals surface area (Å²) >= 11 is 7.40. The molecule has 63 valence electrons. The molecule has 0 aromatic heterocycles. The minimum absolute atomic E-state index is 0. The molecule has 0 aliphatic heterocycles. The van der Waals surface area contributed by atoms with E-state index in [4.69, 9.17) is 10.8 Å². The van der Waals surface area contributed by atoms with Crippen LogP contribution in [0.25, 0.3) is 10.8 Å². The SMILES string of the molecule is O.O.O.[Co+2].[N-]=C=S.[N-]=C=S. The smallest absolute Gasteiger partial charge is 0.753 e. The first-order valence-corrected chi connectivity index (χ1v) is 1.67. The van der Waals surface area contributed by atoms with Crippen LogP contribution in [0.4, 0.5) is 0 Å². The van der Waals surface area contributed by atoms with Gasteiger partial charge in [-0.2, -0.15) is 10.3 Å². The molecule has 0 rings (SSSR count). The van der Waals surface area contributed by atoms with E-state index in [9.17, 15) is 0 Å². The van der Waals surface area contributed by atoms with Gasteiger partial charge in [0.25, 0.3) is 0 Å². The van der Waals surface area contributed by atoms with Crippen LogP contribution in [0.2, 0.25) is 0 Å². The predicted molar refractivity (Wildman–Crippen MR) is 42.8 cm³/mol. The van der Waals surface area contributed by atoms with E-state index >= 15 is 0 Å². The van der Waals surface area contributed by atoms with E-state index in [-0.39, 0.29) is 33.2 Å². The average molecular weight is 229 g/mol. The number of nitrogens with zero attached hydrogens (tertiary/aromatic N) is 2. The molecule has 0 spiro atoms. The van der Waals surface area contributed by atoms with Gasteiger partial charge in [0, 0.05) is 0 Å². The molecule has 0 bridgehead atoms. The van der Waals surface area contributed by atoms with Crippen molar-refractivity contribution in [3.05, 3.63) is 10.8 Å². The van der Waals surface area contributed by atoms with Gasteiger partial charge in [-0.1, -0.05) is 24.4 Å². The maximum Gasteiger partial charge on any atom is 2.00 e. The predicted octanol–water partition coefficient (Wildman–Crippen LogP) is -1.16. The molecule has 8 heteroatoms. The Morgan fingerprint density at radius 1 is 0.800 bits per heavy atom. The summed E-state index contributed by atoms with van der Waals surface area (Å²) in [5, 5.41) is 16.9. The van der Waals surface area contributed by atoms with Gasteiger partial charge in [-0.15, -0.1) is 0 Å². The third-order valence-electron chi connectivity index (χ3n) is 0. The van der Waals surface area contributed by atoms with Crippen LogP contribution >= 0.6 is 24.4 Å². The zero-order valence-corrected chi connectivity index (χ0v) is 7.22. The Balaban J connectivity index is -0.00000000571. The van der Waals surface area contributed by atoms with E-state index in [0.717, 1.165) is 0 Å². The Bertz CT molecular complexity index is 76.5. The summed E-state index contributed by atoms with van der Waals surface area (Å²) in [6, 6.07) is 0. The van der Waals surface area contributed by atoms with Gasteiger partial charge in [0.05, 0.1) is 0 Å². The molecule has 0 aromatic rings. The molecule has 0 fully saturated rings. The molecule has 10 heavy (non-hydrogen) atoms. The molecular weight excluding hydrogens is 223 g/mol. The van der Waals surface area contributed by atoms with Crippen LogP contribution in [-0.2, 0) is 16.8 Å². The van der Waals surface area contributed by atoms with E-state index in [0.29, 0.717) is 0 Å². The summed E-state index contributed by atoms with van der Waals surface area (Å²) < 4.78 is 0. The molecule has 0 saturated heterocycles. The number of thiocarbonyl (C=S) groups is 2. The van der Waals surface area contributed by atoms with Gasteiger partial charge in [0.2, 0.25) is 0 Å². The van der Waals surface area contributed by atoms with Gasteiger partial charge in [-0.05, 0) is 0 Å². The number of hydrogen-bond donors (Lipinski definition) is 0. The Morgan fingerprint density at radius 2 is 0.800 bits per heavy atom. The van der Waals surface area contributed by atoms with Crippen molar-refractivity contribution >= 4 is 34.8 Å². The largest absolute Gasteiger partial charge is 2.00 e. The normalized spacial score (nSPS) is 1.60. The van der Waals surface area contributed by atoms with Gasteiger partial charge in [0.1, 0.15) is 0 Å². The van der Waals surface area contributed by atoms with Crippen LogP contribution in [0.15, 0.2) is 0 Å². The molecule has 0 aromatic carbocycles. The summed E-state index contributed by atoms with van der Waals surface area (Å²) in [7, 11) is 0. The third kappa shape index (κ3) is 2140000. The van der Waals surface area contributed by atoms with E-state index < -0.39 is 0 Å². The van der Waals surface area contributed by atoms with E-state index in [1.807, 2.05) is 0 Å². The topological polar surface area (TPSA) is 139 Å². The zero-order chi connectivity index (χ0) is 5.41. The quantitative estimate of drug-likeness (QED) is 0.382. The van der Waals surface area contributed by atoms with Crippen LogP contribution < -0.4 is 0 Å². The third-order valence-corrected chi connectivity index (χ3v) is 0. The fraction of sp³-hybridized carbons (Fsp3) is 0. The van der Waals surface area contributed by atoms with Gasteiger partial charge in [0.15, 0.2) is 0 Å². The van der Waals surface area contributed by atoms with Crippen molar-refractivity contribution in [3.8, 4) is 0 Å². The van der Waals surface area contributed by atoms with Crippen molar-refractivity contribution < 1.29 is 33.2 Å². The van der Waals surface area contributed by atoms with Crippen molar-refractivity contribution in [2.24, 2.45) is 0 Å². The first kappa shape index (κ1) is 50.7. The Labute approximate surface area is 79.0 Å². The Hall–Kier alpha value is -0.0135. The molecule has 6 N–H and O–H groups in total. The van der Waals surface area contributed by atoms with Crippen LogP contribution in [-0.4, -0.2) is 26.8 Å². The number of isothiocyanates is 2. The molecule has 0 heterocycles. The zero-order valence-electron chi connectivity index (χ0n) is 4.54. The molecule has 5 nitrogen and oxygen atoms in total. The summed E-state index contributed by atoms with van der Waals surface area (Å²) in [6.45, 7) is 0. The van der Waals surface area contributed by atoms with E-state index in [2.05, 4.69) is 24.4 Å². The number of hydrogen-bond acceptors (Lipinski definition) is 2. The average Bonchev–Trinajstić information content (AvgIpc) is 1.39. The first-order chi connectivity index (χ1) is 2.83. The van der Waals surface area contributed by atoms with Crippen molar-refractivity contribution in [1.82, 2.24) is 0 Å². The number of rotatable bonds is 0. The Kier molecular flexibility index (Phi) is 737. The van der Waals surface area contributed by atoms with Crippen molar-refractivity contribution in [1.29, 1.82) is 0 Å². The molecular formula is C2H6CoN2O3S2. The molecule has 0 aliphatic carbocycles. The summed E-state index contributed by atoms with van der Waals surface area (Å²) in [5.41, 5.74) is 0. The maximum absolute atomic E-state index is 7.13. The van der Waals surface area contributed by atoms with Crippen molar-refractivity contribution in [3.63, 3.8) is 0 Å². The second-order valence-corrected chi connectivity index (χ2v) is 0.548. The van der Waals surface area contributed by atoms with E-state index in [1.54, 1.807) is 0 Å². The minimum Gasteiger partial charge on any atom is -0.753 e. The molecule has 0 saturated carbocycles. The van der Waals surface area contributed by atoms with Crippen LogP contribution in [0.1, 0.15) is 0 Å². The van der Waals surface area contributed by atoms with E-state index in [1.165, 1.54) is 10.3 Å². The molecule has 1 radical (unpaired) electrons. The fourth-order valence-electron chi connectivity index (χ4n) is 0. The standard InChI is InChI=1S/2CNS.Co.3H2O/c2*2-1-3;;;;/h;;;3*1H2/q2*-1;+2;;;. The molecule has 0 unspecified atom stereocenters. The fourth-order valence-corrected chi connectivity index (χ4v) is 0. The van der Waals surface area contributed by atoms with Gasteiger partial charge in [-0.25, -0.2) is 0 Å². The summed E-state index contributed by atoms with van der Waals surface area (Å²) in [4.78, 5) is 0. The molecule has 0 atom stereocenters. The monoisotopic (exact) mass is 229 g/mol. The molecule has 0 aliphatic rings. The minimum atomic E-state index is 0. The van der Waals surface area contributed by atoms with Crippen molar-refractivity contribution in [2.75, 3.05) is 0 Å². The van der Waals surface area contributed by atoms with Crippen molar-refractivity contribution in [2.45, 2.75) is 0 Å². The second kappa shape index (κ2) is 145. The van der Waals surface area contributed by atoms with Gasteiger partial charge in [-0.3, -0.25) is 0 Å². The summed E-state index contributed by atoms with van der Waals surface area (Å²) in [5.74, 6) is 0. The van der Waals surface area contributed by atoms with Crippen LogP contribution in [0.5, 0.6) is 0 Å². The molecule has 0 amide bonds. The first-order valence-electron chi connectivity index (χ1n) is 0.855. The van der Waals surface area contributed by atoms with Crippen LogP contribution in [0.3, 0.4) is 0 Å². The van der Waals surface area contributed by atoms with Crippen LogP contribution in [0, 0.1) is 0 Å². The second-order valence-electron chi connectivity index (χ2n) is 0.183.